The molecule has 5 aliphatic carbocycles. The number of hydrogen-bond donors (Lipinski definition) is 1. The summed E-state index contributed by atoms with van der Waals surface area (Å²) >= 11 is 0. The molecule has 5 aliphatic rings. The number of ether oxygens (including phenoxy) is 1. The van der Waals surface area contributed by atoms with Crippen LogP contribution in [-0.4, -0.2) is 63.8 Å². The van der Waals surface area contributed by atoms with Crippen molar-refractivity contribution >= 4 is 17.7 Å². The number of esters is 1. The van der Waals surface area contributed by atoms with E-state index in [1.807, 2.05) is 21.0 Å². The van der Waals surface area contributed by atoms with Gasteiger partial charge in [0.15, 0.2) is 5.78 Å². The van der Waals surface area contributed by atoms with Crippen LogP contribution in [0.2, 0.25) is 0 Å². The van der Waals surface area contributed by atoms with Crippen LogP contribution in [0, 0.1) is 63.5 Å². The van der Waals surface area contributed by atoms with E-state index in [2.05, 4.69) is 58.0 Å². The summed E-state index contributed by atoms with van der Waals surface area (Å²) < 4.78 is 24.3. The van der Waals surface area contributed by atoms with Gasteiger partial charge in [0.05, 0.1) is 29.8 Å². The molecule has 0 amide bonds. The number of aliphatic carboxylic acids is 1. The van der Waals surface area contributed by atoms with Crippen LogP contribution in [0.25, 0.3) is 5.69 Å². The topological polar surface area (TPSA) is 111 Å². The van der Waals surface area contributed by atoms with Crippen molar-refractivity contribution in [2.75, 3.05) is 20.6 Å². The molecule has 1 heterocycles. The fourth-order valence-corrected chi connectivity index (χ4v) is 14.3. The molecule has 0 bridgehead atoms. The number of rotatable bonds is 10. The Labute approximate surface area is 351 Å². The van der Waals surface area contributed by atoms with E-state index >= 15 is 0 Å². The lowest BCUT2D eigenvalue weighted by molar-refractivity contribution is -0.232. The van der Waals surface area contributed by atoms with Gasteiger partial charge in [-0.15, -0.1) is 0 Å². The second kappa shape index (κ2) is 14.5. The third-order valence-corrected chi connectivity index (χ3v) is 17.5. The van der Waals surface area contributed by atoms with Gasteiger partial charge in [-0.1, -0.05) is 48.5 Å². The molecule has 0 spiro atoms. The molecular formula is C49H70FN3O6. The monoisotopic (exact) mass is 816 g/mol. The molecule has 59 heavy (non-hydrogen) atoms. The lowest BCUT2D eigenvalue weighted by Gasteiger charge is -2.72. The third kappa shape index (κ3) is 6.45. The first kappa shape index (κ1) is 43.6. The number of fused-ring (bicyclic) bond motifs is 7. The van der Waals surface area contributed by atoms with E-state index in [1.54, 1.807) is 30.7 Å². The minimum Gasteiger partial charge on any atom is -0.481 e. The van der Waals surface area contributed by atoms with Gasteiger partial charge in [-0.2, -0.15) is 0 Å². The minimum atomic E-state index is -1.19. The first-order valence-corrected chi connectivity index (χ1v) is 22.3. The van der Waals surface area contributed by atoms with Crippen LogP contribution >= 0.6 is 0 Å². The molecule has 9 nitrogen and oxygen atoms in total. The van der Waals surface area contributed by atoms with Crippen LogP contribution in [0.4, 0.5) is 4.39 Å². The van der Waals surface area contributed by atoms with Crippen molar-refractivity contribution in [3.8, 4) is 5.69 Å². The van der Waals surface area contributed by atoms with Crippen LogP contribution in [0.15, 0.2) is 40.2 Å². The fourth-order valence-electron chi connectivity index (χ4n) is 14.3. The van der Waals surface area contributed by atoms with Crippen molar-refractivity contribution in [3.05, 3.63) is 62.8 Å². The summed E-state index contributed by atoms with van der Waals surface area (Å²) in [5.41, 5.74) is 2.22. The molecule has 4 fully saturated rings. The maximum atomic E-state index is 14.7. The number of halogens is 1. The van der Waals surface area contributed by atoms with Gasteiger partial charge in [-0.05, 0) is 162 Å². The van der Waals surface area contributed by atoms with Crippen molar-refractivity contribution < 1.29 is 28.6 Å². The third-order valence-electron chi connectivity index (χ3n) is 17.5. The Morgan fingerprint density at radius 2 is 1.59 bits per heavy atom. The molecule has 0 aliphatic heterocycles. The average Bonchev–Trinajstić information content (AvgIpc) is 3.58. The Morgan fingerprint density at radius 1 is 0.932 bits per heavy atom. The Morgan fingerprint density at radius 3 is 2.20 bits per heavy atom. The molecule has 1 aromatic carbocycles. The van der Waals surface area contributed by atoms with E-state index in [0.29, 0.717) is 42.6 Å². The van der Waals surface area contributed by atoms with Gasteiger partial charge in [0.2, 0.25) is 0 Å². The van der Waals surface area contributed by atoms with Crippen molar-refractivity contribution in [1.29, 1.82) is 0 Å². The number of Topliss-reactive ketones (excluding diaryl/α,β-unsaturated/α-hetero) is 1. The Bertz CT molecular complexity index is 2130. The number of nitrogens with zero attached hydrogens (tertiary/aromatic N) is 3. The molecule has 0 saturated heterocycles. The molecule has 4 saturated carbocycles. The number of carboxylic acids is 1. The highest BCUT2D eigenvalue weighted by Crippen LogP contribution is 2.77. The first-order chi connectivity index (χ1) is 27.4. The largest absolute Gasteiger partial charge is 0.481 e. The zero-order chi connectivity index (χ0) is 43.4. The summed E-state index contributed by atoms with van der Waals surface area (Å²) in [5, 5.41) is 9.67. The van der Waals surface area contributed by atoms with Crippen molar-refractivity contribution in [3.63, 3.8) is 0 Å². The van der Waals surface area contributed by atoms with Gasteiger partial charge in [0, 0.05) is 29.4 Å². The number of ketones is 1. The first-order valence-electron chi connectivity index (χ1n) is 22.3. The van der Waals surface area contributed by atoms with E-state index in [9.17, 15) is 28.7 Å². The molecular weight excluding hydrogens is 746 g/mol. The molecule has 324 valence electrons. The summed E-state index contributed by atoms with van der Waals surface area (Å²) in [4.78, 5) is 56.3. The molecule has 2 aromatic rings. The van der Waals surface area contributed by atoms with Gasteiger partial charge in [0.1, 0.15) is 11.9 Å². The number of carbonyl (C=O) groups is 3. The van der Waals surface area contributed by atoms with Gasteiger partial charge in [-0.25, -0.2) is 9.07 Å². The highest BCUT2D eigenvalue weighted by Gasteiger charge is 2.71. The molecule has 8 atom stereocenters. The quantitative estimate of drug-likeness (QED) is 0.238. The molecule has 1 aromatic heterocycles. The van der Waals surface area contributed by atoms with E-state index < -0.39 is 22.8 Å². The summed E-state index contributed by atoms with van der Waals surface area (Å²) in [6.45, 7) is 22.8. The smallest absolute Gasteiger partial charge is 0.309 e. The maximum Gasteiger partial charge on any atom is 0.309 e. The number of aromatic nitrogens is 2. The predicted molar refractivity (Wildman–Crippen MR) is 228 cm³/mol. The van der Waals surface area contributed by atoms with Gasteiger partial charge in [0.25, 0.3) is 5.56 Å². The van der Waals surface area contributed by atoms with Crippen LogP contribution in [0.5, 0.6) is 0 Å². The maximum absolute atomic E-state index is 14.7. The molecule has 7 rings (SSSR count). The van der Waals surface area contributed by atoms with E-state index in [0.717, 1.165) is 62.6 Å². The predicted octanol–water partition coefficient (Wildman–Crippen LogP) is 9.29. The zero-order valence-electron chi connectivity index (χ0n) is 37.9. The summed E-state index contributed by atoms with van der Waals surface area (Å²) in [6, 6.07) is 6.16. The lowest BCUT2D eigenvalue weighted by atomic mass is 9.33. The summed E-state index contributed by atoms with van der Waals surface area (Å²) in [6.07, 6.45) is 7.43. The summed E-state index contributed by atoms with van der Waals surface area (Å²) in [5.74, 6) is -0.600. The normalized spacial score (nSPS) is 34.1. The Kier molecular flexibility index (Phi) is 10.7. The van der Waals surface area contributed by atoms with Crippen LogP contribution in [0.3, 0.4) is 0 Å². The number of benzene rings is 1. The van der Waals surface area contributed by atoms with Crippen LogP contribution in [-0.2, 0) is 31.1 Å². The molecule has 10 heteroatoms. The zero-order valence-corrected chi connectivity index (χ0v) is 37.9. The van der Waals surface area contributed by atoms with Gasteiger partial charge >= 0.3 is 11.9 Å². The highest BCUT2D eigenvalue weighted by molar-refractivity contribution is 6.02. The van der Waals surface area contributed by atoms with E-state index in [1.165, 1.54) is 17.7 Å². The number of carbonyl (C=O) groups excluding carboxylic acids is 2. The van der Waals surface area contributed by atoms with Gasteiger partial charge < -0.3 is 14.7 Å². The average molecular weight is 816 g/mol. The molecule has 7 unspecified atom stereocenters. The standard InChI is InChI=1S/C49H70FN3O6/c1-29(2)39-34(54)27-49(41-30(3)42(56)53(52(41)26-25-51(11)12)32-15-13-31(50)14-16-32)24-23-47(9)33(40(39)49)17-18-36-46(8)21-20-37(59-38(55)28-44(4,5)43(57)58)45(6,7)35(46)19-22-48(36,47)10/h13-16,29,33,35-37H,17-28H2,1-12H3,(H,57,58)/t33?,35?,36?,37?,46?,47-,48?,49?/m1/s1. The second-order valence-corrected chi connectivity index (χ2v) is 22.0. The van der Waals surface area contributed by atoms with Crippen molar-refractivity contribution in [2.24, 2.45) is 50.7 Å². The lowest BCUT2D eigenvalue weighted by Crippen LogP contribution is -2.66. The number of hydrogen-bond acceptors (Lipinski definition) is 6. The Hall–Kier alpha value is -3.53. The molecule has 0 radical (unpaired) electrons. The van der Waals surface area contributed by atoms with Crippen molar-refractivity contribution in [2.45, 2.75) is 152 Å². The number of carboxylic acid groups (broad SMARTS) is 1. The summed E-state index contributed by atoms with van der Waals surface area (Å²) in [7, 11) is 4.05. The highest BCUT2D eigenvalue weighted by atomic mass is 19.1. The number of allylic oxidation sites excluding steroid dienone is 2. The number of likely N-dealkylation sites (N-methyl/N-ethyl adjacent to an activating group) is 1. The Balaban J connectivity index is 1.29. The fraction of sp³-hybridized carbons (Fsp3) is 0.714. The van der Waals surface area contributed by atoms with Crippen LogP contribution in [0.1, 0.15) is 138 Å². The SMILES string of the molecule is Cc1c(C23CC[C@]4(C)C(CCC5C6(C)CCC(OC(=O)CC(C)(C)C(=O)O)C(C)(C)C6CCC54C)C2=C(C(C)C)C(=O)C3)n(CCN(C)C)n(-c2ccc(F)cc2)c1=O. The molecule has 1 N–H and O–H groups in total. The van der Waals surface area contributed by atoms with E-state index in [4.69, 9.17) is 4.74 Å². The van der Waals surface area contributed by atoms with Crippen LogP contribution < -0.4 is 5.56 Å². The van der Waals surface area contributed by atoms with E-state index in [-0.39, 0.29) is 63.2 Å². The second-order valence-electron chi connectivity index (χ2n) is 22.0. The van der Waals surface area contributed by atoms with Crippen molar-refractivity contribution in [1.82, 2.24) is 14.3 Å². The van der Waals surface area contributed by atoms with Gasteiger partial charge in [-0.3, -0.25) is 23.9 Å². The minimum absolute atomic E-state index is 0.0125.